The number of hydrogen-bond donors (Lipinski definition) is 2. The molecule has 176 valence electrons. The molecule has 31 heavy (non-hydrogen) atoms. The van der Waals surface area contributed by atoms with Gasteiger partial charge < -0.3 is 14.8 Å². The largest absolute Gasteiger partial charge is 1.00 e. The van der Waals surface area contributed by atoms with Crippen molar-refractivity contribution < 1.29 is 62.0 Å². The van der Waals surface area contributed by atoms with Crippen molar-refractivity contribution in [2.75, 3.05) is 38.5 Å². The SMILES string of the molecule is CCCCCCCCCCCCC(=O)C1=NCC[N+]1(CCO)CC(O)CS(=O)(=O)[O-].[Na+]. The Morgan fingerprint density at radius 1 is 1.10 bits per heavy atom. The molecule has 0 amide bonds. The second kappa shape index (κ2) is 16.7. The first-order valence-corrected chi connectivity index (χ1v) is 13.0. The predicted octanol–water partition coefficient (Wildman–Crippen LogP) is -1.00. The Morgan fingerprint density at radius 2 is 1.65 bits per heavy atom. The van der Waals surface area contributed by atoms with Gasteiger partial charge in [0.05, 0.1) is 29.0 Å². The van der Waals surface area contributed by atoms with Gasteiger partial charge in [-0.05, 0) is 6.42 Å². The Morgan fingerprint density at radius 3 is 2.16 bits per heavy atom. The van der Waals surface area contributed by atoms with E-state index in [-0.39, 0.29) is 59.5 Å². The number of aliphatic hydroxyl groups is 2. The average Bonchev–Trinajstić information content (AvgIpc) is 3.04. The number of carbonyl (C=O) groups excluding carboxylic acids is 1. The first-order valence-electron chi connectivity index (χ1n) is 11.4. The Bertz CT molecular complexity index is 644. The summed E-state index contributed by atoms with van der Waals surface area (Å²) < 4.78 is 32.8. The van der Waals surface area contributed by atoms with Crippen LogP contribution in [-0.4, -0.2) is 83.9 Å². The molecule has 0 radical (unpaired) electrons. The summed E-state index contributed by atoms with van der Waals surface area (Å²) in [4.78, 5) is 17.1. The van der Waals surface area contributed by atoms with Crippen LogP contribution in [0.15, 0.2) is 4.99 Å². The molecule has 0 aromatic rings. The van der Waals surface area contributed by atoms with Gasteiger partial charge in [0.2, 0.25) is 5.78 Å². The van der Waals surface area contributed by atoms with Gasteiger partial charge in [0.1, 0.15) is 25.7 Å². The van der Waals surface area contributed by atoms with Crippen LogP contribution in [0, 0.1) is 0 Å². The van der Waals surface area contributed by atoms with E-state index in [9.17, 15) is 28.0 Å². The molecular weight excluding hydrogens is 431 g/mol. The van der Waals surface area contributed by atoms with Gasteiger partial charge in [-0.2, -0.15) is 0 Å². The summed E-state index contributed by atoms with van der Waals surface area (Å²) in [6.07, 6.45) is 10.7. The smallest absolute Gasteiger partial charge is 0.748 e. The molecule has 0 bridgehead atoms. The van der Waals surface area contributed by atoms with Gasteiger partial charge in [-0.3, -0.25) is 9.28 Å². The Hall–Kier alpha value is 0.130. The Balaban J connectivity index is 0.00000900. The topological polar surface area (TPSA) is 127 Å². The maximum Gasteiger partial charge on any atom is 1.00 e. The van der Waals surface area contributed by atoms with Crippen molar-refractivity contribution in [3.63, 3.8) is 0 Å². The summed E-state index contributed by atoms with van der Waals surface area (Å²) >= 11 is 0. The van der Waals surface area contributed by atoms with Crippen LogP contribution in [0.3, 0.4) is 0 Å². The van der Waals surface area contributed by atoms with Crippen LogP contribution >= 0.6 is 0 Å². The van der Waals surface area contributed by atoms with Gasteiger partial charge in [-0.1, -0.05) is 64.7 Å². The molecule has 0 aliphatic carbocycles. The molecule has 1 aliphatic heterocycles. The van der Waals surface area contributed by atoms with E-state index < -0.39 is 22.0 Å². The standard InChI is InChI=1S/C21H40N2O6S.Na/c1-2-3-4-5-6-7-8-9-10-11-12-20(26)21-22-13-14-23(21,15-16-24)17-19(25)18-30(27,28)29;/h19,24-25H,2-18H2,1H3;/q;+1. The number of ketones is 1. The van der Waals surface area contributed by atoms with Crippen molar-refractivity contribution in [3.05, 3.63) is 0 Å². The average molecular weight is 472 g/mol. The molecule has 0 saturated heterocycles. The number of rotatable bonds is 18. The number of unbranched alkanes of at least 4 members (excludes halogenated alkanes) is 9. The maximum atomic E-state index is 12.7. The van der Waals surface area contributed by atoms with Crippen molar-refractivity contribution in [2.24, 2.45) is 4.99 Å². The van der Waals surface area contributed by atoms with Gasteiger partial charge in [0.15, 0.2) is 0 Å². The molecule has 0 fully saturated rings. The zero-order chi connectivity index (χ0) is 22.5. The van der Waals surface area contributed by atoms with Gasteiger partial charge in [0, 0.05) is 6.42 Å². The van der Waals surface area contributed by atoms with Crippen molar-refractivity contribution in [3.8, 4) is 0 Å². The monoisotopic (exact) mass is 471 g/mol. The molecule has 2 atom stereocenters. The van der Waals surface area contributed by atoms with Crippen LogP contribution in [0.4, 0.5) is 0 Å². The number of nitrogens with zero attached hydrogens (tertiary/aromatic N) is 2. The fourth-order valence-electron chi connectivity index (χ4n) is 4.21. The molecule has 2 unspecified atom stereocenters. The predicted molar refractivity (Wildman–Crippen MR) is 116 cm³/mol. The quantitative estimate of drug-likeness (QED) is 0.114. The van der Waals surface area contributed by atoms with Crippen LogP contribution in [-0.2, 0) is 14.9 Å². The molecule has 0 aromatic carbocycles. The fraction of sp³-hybridized carbons (Fsp3) is 0.905. The minimum Gasteiger partial charge on any atom is -0.748 e. The molecule has 2 N–H and O–H groups in total. The van der Waals surface area contributed by atoms with Gasteiger partial charge in [-0.25, -0.2) is 13.4 Å². The fourth-order valence-corrected chi connectivity index (χ4v) is 4.79. The molecule has 1 heterocycles. The number of amidine groups is 1. The number of aliphatic imine (C=N–C) groups is 1. The van der Waals surface area contributed by atoms with Crippen molar-refractivity contribution in [2.45, 2.75) is 83.7 Å². The van der Waals surface area contributed by atoms with E-state index in [2.05, 4.69) is 11.9 Å². The number of carbonyl (C=O) groups is 1. The van der Waals surface area contributed by atoms with E-state index >= 15 is 0 Å². The van der Waals surface area contributed by atoms with Crippen molar-refractivity contribution >= 4 is 21.7 Å². The summed E-state index contributed by atoms with van der Waals surface area (Å²) in [5, 5.41) is 19.5. The van der Waals surface area contributed by atoms with Gasteiger partial charge in [-0.15, -0.1) is 0 Å². The number of quaternary nitrogens is 1. The van der Waals surface area contributed by atoms with Crippen LogP contribution in [0.1, 0.15) is 77.6 Å². The summed E-state index contributed by atoms with van der Waals surface area (Å²) in [5.41, 5.74) is 0. The van der Waals surface area contributed by atoms with E-state index in [1.807, 2.05) is 0 Å². The zero-order valence-corrected chi connectivity index (χ0v) is 22.2. The molecule has 8 nitrogen and oxygen atoms in total. The number of Topliss-reactive ketones (excluding diaryl/α,β-unsaturated/α-hetero) is 1. The zero-order valence-electron chi connectivity index (χ0n) is 19.4. The van der Waals surface area contributed by atoms with Gasteiger partial charge in [0.25, 0.3) is 5.84 Å². The van der Waals surface area contributed by atoms with E-state index in [4.69, 9.17) is 0 Å². The van der Waals surface area contributed by atoms with Crippen LogP contribution in [0.5, 0.6) is 0 Å². The third-order valence-electron chi connectivity index (χ3n) is 5.73. The third kappa shape index (κ3) is 12.8. The first kappa shape index (κ1) is 31.1. The minimum absolute atomic E-state index is 0. The molecule has 1 aliphatic rings. The number of aliphatic hydroxyl groups excluding tert-OH is 2. The van der Waals surface area contributed by atoms with E-state index in [1.54, 1.807) is 0 Å². The summed E-state index contributed by atoms with van der Waals surface area (Å²) in [7, 11) is -4.57. The Labute approximate surface area is 210 Å². The first-order chi connectivity index (χ1) is 14.2. The van der Waals surface area contributed by atoms with E-state index in [1.165, 1.54) is 44.9 Å². The van der Waals surface area contributed by atoms with Crippen LogP contribution in [0.2, 0.25) is 0 Å². The van der Waals surface area contributed by atoms with Crippen molar-refractivity contribution in [1.29, 1.82) is 0 Å². The second-order valence-corrected chi connectivity index (χ2v) is 9.89. The molecule has 1 rings (SSSR count). The van der Waals surface area contributed by atoms with Crippen molar-refractivity contribution in [1.82, 2.24) is 0 Å². The Kier molecular flexibility index (Phi) is 16.8. The maximum absolute atomic E-state index is 12.7. The molecule has 0 saturated carbocycles. The normalized spacial score (nSPS) is 19.7. The minimum atomic E-state index is -4.57. The third-order valence-corrected chi connectivity index (χ3v) is 6.52. The van der Waals surface area contributed by atoms with Crippen LogP contribution in [0.25, 0.3) is 0 Å². The molecular formula is C21H40N2NaO6S+. The summed E-state index contributed by atoms with van der Waals surface area (Å²) in [5.74, 6) is -0.724. The summed E-state index contributed by atoms with van der Waals surface area (Å²) in [6.45, 7) is 2.85. The number of hydrogen-bond acceptors (Lipinski definition) is 7. The second-order valence-electron chi connectivity index (χ2n) is 8.44. The van der Waals surface area contributed by atoms with Gasteiger partial charge >= 0.3 is 29.6 Å². The molecule has 0 spiro atoms. The summed E-state index contributed by atoms with van der Waals surface area (Å²) in [6, 6.07) is 0. The molecule has 0 aromatic heterocycles. The molecule has 10 heteroatoms. The van der Waals surface area contributed by atoms with E-state index in [0.717, 1.165) is 19.3 Å². The van der Waals surface area contributed by atoms with Crippen LogP contribution < -0.4 is 29.6 Å². The van der Waals surface area contributed by atoms with E-state index in [0.29, 0.717) is 25.3 Å².